The predicted molar refractivity (Wildman–Crippen MR) is 89.7 cm³/mol. The number of rotatable bonds is 6. The summed E-state index contributed by atoms with van der Waals surface area (Å²) in [5.74, 6) is -0.576. The second kappa shape index (κ2) is 8.21. The fraction of sp³-hybridized carbons (Fsp3) is 0.529. The lowest BCUT2D eigenvalue weighted by Crippen LogP contribution is -2.50. The Labute approximate surface area is 141 Å². The van der Waals surface area contributed by atoms with Crippen LogP contribution >= 0.6 is 0 Å². The first-order valence-electron chi connectivity index (χ1n) is 8.02. The van der Waals surface area contributed by atoms with E-state index in [0.29, 0.717) is 44.0 Å². The summed E-state index contributed by atoms with van der Waals surface area (Å²) < 4.78 is 19.3. The van der Waals surface area contributed by atoms with Crippen molar-refractivity contribution in [2.75, 3.05) is 44.7 Å². The molecule has 0 bridgehead atoms. The van der Waals surface area contributed by atoms with Gasteiger partial charge in [-0.15, -0.1) is 0 Å². The maximum absolute atomic E-state index is 14.2. The maximum Gasteiger partial charge on any atom is 0.225 e. The Bertz CT molecular complexity index is 597. The molecule has 0 spiro atoms. The van der Waals surface area contributed by atoms with Crippen molar-refractivity contribution in [1.29, 1.82) is 0 Å². The molecule has 1 unspecified atom stereocenters. The van der Waals surface area contributed by atoms with E-state index in [-0.39, 0.29) is 24.2 Å². The van der Waals surface area contributed by atoms with Crippen LogP contribution in [-0.4, -0.2) is 62.5 Å². The average molecular weight is 337 g/mol. The number of halogens is 1. The molecular weight excluding hydrogens is 313 g/mol. The van der Waals surface area contributed by atoms with Crippen molar-refractivity contribution in [3.8, 4) is 0 Å². The van der Waals surface area contributed by atoms with E-state index in [1.165, 1.54) is 20.1 Å². The normalized spacial score (nSPS) is 16.2. The fourth-order valence-electron chi connectivity index (χ4n) is 2.77. The van der Waals surface area contributed by atoms with Crippen molar-refractivity contribution >= 4 is 17.4 Å². The number of ether oxygens (including phenoxy) is 1. The first-order chi connectivity index (χ1) is 11.5. The summed E-state index contributed by atoms with van der Waals surface area (Å²) in [5.41, 5.74) is 6.36. The van der Waals surface area contributed by atoms with Gasteiger partial charge >= 0.3 is 0 Å². The number of hydrogen-bond donors (Lipinski definition) is 1. The summed E-state index contributed by atoms with van der Waals surface area (Å²) in [6.45, 7) is 3.84. The van der Waals surface area contributed by atoms with Gasteiger partial charge in [-0.2, -0.15) is 0 Å². The van der Waals surface area contributed by atoms with Gasteiger partial charge in [0, 0.05) is 45.4 Å². The number of benzene rings is 1. The highest BCUT2D eigenvalue weighted by molar-refractivity contribution is 5.94. The summed E-state index contributed by atoms with van der Waals surface area (Å²) in [7, 11) is 1.54. The molecular formula is C17H24FN3O3. The number of nitrogens with two attached hydrogens (primary N) is 1. The third-order valence-corrected chi connectivity index (χ3v) is 4.33. The van der Waals surface area contributed by atoms with Gasteiger partial charge in [0.2, 0.25) is 5.91 Å². The predicted octanol–water partition coefficient (Wildman–Crippen LogP) is 1.04. The maximum atomic E-state index is 14.2. The lowest BCUT2D eigenvalue weighted by atomic mass is 10.1. The van der Waals surface area contributed by atoms with E-state index in [2.05, 4.69) is 0 Å². The Balaban J connectivity index is 1.95. The van der Waals surface area contributed by atoms with E-state index in [0.717, 1.165) is 0 Å². The van der Waals surface area contributed by atoms with E-state index in [4.69, 9.17) is 10.5 Å². The highest BCUT2D eigenvalue weighted by Crippen LogP contribution is 2.22. The van der Waals surface area contributed by atoms with Crippen LogP contribution < -0.4 is 10.6 Å². The number of ketones is 1. The van der Waals surface area contributed by atoms with Gasteiger partial charge in [0.05, 0.1) is 18.2 Å². The molecule has 1 amide bonds. The second-order valence-electron chi connectivity index (χ2n) is 5.89. The lowest BCUT2D eigenvalue weighted by Gasteiger charge is -2.36. The lowest BCUT2D eigenvalue weighted by molar-refractivity contribution is -0.133. The minimum atomic E-state index is -0.412. The Hall–Kier alpha value is -1.99. The number of methoxy groups -OCH3 is 1. The average Bonchev–Trinajstić information content (AvgIpc) is 2.59. The zero-order valence-corrected chi connectivity index (χ0v) is 14.1. The van der Waals surface area contributed by atoms with Crippen molar-refractivity contribution in [3.63, 3.8) is 0 Å². The van der Waals surface area contributed by atoms with Crippen molar-refractivity contribution in [2.45, 2.75) is 19.4 Å². The van der Waals surface area contributed by atoms with Gasteiger partial charge in [-0.1, -0.05) is 0 Å². The topological polar surface area (TPSA) is 75.9 Å². The highest BCUT2D eigenvalue weighted by Gasteiger charge is 2.24. The van der Waals surface area contributed by atoms with Gasteiger partial charge in [0.1, 0.15) is 5.82 Å². The van der Waals surface area contributed by atoms with E-state index in [1.54, 1.807) is 17.0 Å². The zero-order valence-electron chi connectivity index (χ0n) is 14.1. The highest BCUT2D eigenvalue weighted by atomic mass is 19.1. The fourth-order valence-corrected chi connectivity index (χ4v) is 2.77. The van der Waals surface area contributed by atoms with Crippen LogP contribution in [-0.2, 0) is 9.53 Å². The minimum absolute atomic E-state index is 0.000602. The van der Waals surface area contributed by atoms with Gasteiger partial charge in [0.15, 0.2) is 5.78 Å². The summed E-state index contributed by atoms with van der Waals surface area (Å²) in [5, 5.41) is 0. The van der Waals surface area contributed by atoms with Gasteiger partial charge < -0.3 is 20.3 Å². The number of carbonyl (C=O) groups excluding carboxylic acids is 2. The molecule has 1 aromatic rings. The number of Topliss-reactive ketones (excluding diaryl/α,β-unsaturated/α-hetero) is 1. The van der Waals surface area contributed by atoms with Crippen LogP contribution in [0.4, 0.5) is 10.1 Å². The second-order valence-corrected chi connectivity index (χ2v) is 5.89. The number of carbonyl (C=O) groups is 2. The molecule has 0 aliphatic carbocycles. The summed E-state index contributed by atoms with van der Waals surface area (Å²) in [6, 6.07) is 4.52. The van der Waals surface area contributed by atoms with E-state index < -0.39 is 5.82 Å². The Kier molecular flexibility index (Phi) is 6.28. The van der Waals surface area contributed by atoms with Crippen molar-refractivity contribution in [1.82, 2.24) is 4.90 Å². The van der Waals surface area contributed by atoms with Crippen molar-refractivity contribution in [2.24, 2.45) is 5.73 Å². The molecule has 1 heterocycles. The summed E-state index contributed by atoms with van der Waals surface area (Å²) in [4.78, 5) is 27.2. The number of anilines is 1. The minimum Gasteiger partial charge on any atom is -0.380 e. The first kappa shape index (κ1) is 18.4. The van der Waals surface area contributed by atoms with E-state index in [9.17, 15) is 14.0 Å². The third kappa shape index (κ3) is 4.30. The Morgan fingerprint density at radius 2 is 1.96 bits per heavy atom. The van der Waals surface area contributed by atoms with Crippen LogP contribution in [0.5, 0.6) is 0 Å². The van der Waals surface area contributed by atoms with Gasteiger partial charge in [-0.3, -0.25) is 9.59 Å². The standard InChI is InChI=1S/C17H24FN3O3/c1-12(22)13-3-4-16(15(18)9-13)20-5-7-21(8-6-20)17(23)10-14(11-19)24-2/h3-4,9,14H,5-8,10-11,19H2,1-2H3. The SMILES string of the molecule is COC(CN)CC(=O)N1CCN(c2ccc(C(C)=O)cc2F)CC1. The molecule has 0 aromatic heterocycles. The number of amides is 1. The molecule has 24 heavy (non-hydrogen) atoms. The number of hydrogen-bond acceptors (Lipinski definition) is 5. The molecule has 1 aromatic carbocycles. The molecule has 2 rings (SSSR count). The van der Waals surface area contributed by atoms with Crippen LogP contribution in [0, 0.1) is 5.82 Å². The molecule has 132 valence electrons. The quantitative estimate of drug-likeness (QED) is 0.785. The Morgan fingerprint density at radius 1 is 1.29 bits per heavy atom. The molecule has 6 nitrogen and oxygen atoms in total. The van der Waals surface area contributed by atoms with Crippen LogP contribution in [0.1, 0.15) is 23.7 Å². The van der Waals surface area contributed by atoms with Crippen LogP contribution in [0.2, 0.25) is 0 Å². The molecule has 1 saturated heterocycles. The number of nitrogens with zero attached hydrogens (tertiary/aromatic N) is 2. The monoisotopic (exact) mass is 337 g/mol. The summed E-state index contributed by atoms with van der Waals surface area (Å²) >= 11 is 0. The van der Waals surface area contributed by atoms with E-state index in [1.807, 2.05) is 4.90 Å². The van der Waals surface area contributed by atoms with Gasteiger partial charge in [-0.05, 0) is 25.1 Å². The largest absolute Gasteiger partial charge is 0.380 e. The first-order valence-corrected chi connectivity index (χ1v) is 8.02. The van der Waals surface area contributed by atoms with E-state index >= 15 is 0 Å². The van der Waals surface area contributed by atoms with Crippen molar-refractivity contribution in [3.05, 3.63) is 29.6 Å². The smallest absolute Gasteiger partial charge is 0.225 e. The van der Waals surface area contributed by atoms with Crippen LogP contribution in [0.15, 0.2) is 18.2 Å². The summed E-state index contributed by atoms with van der Waals surface area (Å²) in [6.07, 6.45) is -0.0126. The third-order valence-electron chi connectivity index (χ3n) is 4.33. The van der Waals surface area contributed by atoms with Crippen LogP contribution in [0.3, 0.4) is 0 Å². The molecule has 1 aliphatic heterocycles. The molecule has 1 aliphatic rings. The molecule has 7 heteroatoms. The van der Waals surface area contributed by atoms with Crippen LogP contribution in [0.25, 0.3) is 0 Å². The molecule has 0 radical (unpaired) electrons. The number of piperazine rings is 1. The zero-order chi connectivity index (χ0) is 17.7. The molecule has 1 atom stereocenters. The van der Waals surface area contributed by atoms with Gasteiger partial charge in [0.25, 0.3) is 0 Å². The van der Waals surface area contributed by atoms with Gasteiger partial charge in [-0.25, -0.2) is 4.39 Å². The Morgan fingerprint density at radius 3 is 2.46 bits per heavy atom. The molecule has 1 fully saturated rings. The van der Waals surface area contributed by atoms with Crippen molar-refractivity contribution < 1.29 is 18.7 Å². The molecule has 2 N–H and O–H groups in total. The molecule has 0 saturated carbocycles.